The highest BCUT2D eigenvalue weighted by Gasteiger charge is 2.08. The Morgan fingerprint density at radius 2 is 2.25 bits per heavy atom. The van der Waals surface area contributed by atoms with E-state index in [1.807, 2.05) is 6.26 Å². The maximum absolute atomic E-state index is 11.6. The minimum Gasteiger partial charge on any atom is -0.372 e. The molecule has 88 valence electrons. The van der Waals surface area contributed by atoms with Crippen molar-refractivity contribution in [1.82, 2.24) is 15.3 Å². The number of anilines is 1. The minimum absolute atomic E-state index is 0.184. The van der Waals surface area contributed by atoms with E-state index in [0.29, 0.717) is 23.3 Å². The Bertz CT molecular complexity index is 341. The number of nitrogens with zero attached hydrogens (tertiary/aromatic N) is 2. The van der Waals surface area contributed by atoms with Crippen molar-refractivity contribution in [3.63, 3.8) is 0 Å². The molecule has 1 heterocycles. The molecule has 1 rings (SSSR count). The highest BCUT2D eigenvalue weighted by molar-refractivity contribution is 7.99. The fourth-order valence-electron chi connectivity index (χ4n) is 0.985. The van der Waals surface area contributed by atoms with Gasteiger partial charge < -0.3 is 10.6 Å². The summed E-state index contributed by atoms with van der Waals surface area (Å²) in [5, 5.41) is 6.04. The zero-order chi connectivity index (χ0) is 12.0. The van der Waals surface area contributed by atoms with Crippen LogP contribution in [0.4, 0.5) is 5.82 Å². The third-order valence-corrected chi connectivity index (χ3v) is 3.06. The van der Waals surface area contributed by atoms with Gasteiger partial charge in [-0.15, -0.1) is 0 Å². The van der Waals surface area contributed by atoms with Crippen LogP contribution in [0.5, 0.6) is 0 Å². The molecule has 0 aromatic carbocycles. The summed E-state index contributed by atoms with van der Waals surface area (Å²) in [6, 6.07) is 0. The molecule has 2 N–H and O–H groups in total. The van der Waals surface area contributed by atoms with Gasteiger partial charge >= 0.3 is 0 Å². The molecular formula is C10H16N4OS. The standard InChI is InChI=1S/C10H16N4OS/c1-7(16-3)4-14-10(15)8-5-13-9(11-2)6-12-8/h5-7H,4H2,1-3H3,(H,11,13)(H,14,15). The summed E-state index contributed by atoms with van der Waals surface area (Å²) in [6.07, 6.45) is 5.01. The van der Waals surface area contributed by atoms with Gasteiger partial charge in [-0.3, -0.25) is 4.79 Å². The fraction of sp³-hybridized carbons (Fsp3) is 0.500. The van der Waals surface area contributed by atoms with Crippen LogP contribution in [0.25, 0.3) is 0 Å². The highest BCUT2D eigenvalue weighted by Crippen LogP contribution is 2.03. The zero-order valence-electron chi connectivity index (χ0n) is 9.65. The summed E-state index contributed by atoms with van der Waals surface area (Å²) >= 11 is 1.71. The predicted molar refractivity (Wildman–Crippen MR) is 66.9 cm³/mol. The fourth-order valence-corrected chi connectivity index (χ4v) is 1.23. The van der Waals surface area contributed by atoms with E-state index in [4.69, 9.17) is 0 Å². The molecule has 1 atom stereocenters. The summed E-state index contributed by atoms with van der Waals surface area (Å²) < 4.78 is 0. The molecule has 1 aromatic heterocycles. The van der Waals surface area contributed by atoms with Crippen molar-refractivity contribution in [2.24, 2.45) is 0 Å². The molecule has 0 radical (unpaired) electrons. The maximum atomic E-state index is 11.6. The van der Waals surface area contributed by atoms with Crippen LogP contribution >= 0.6 is 11.8 Å². The molecule has 5 nitrogen and oxygen atoms in total. The van der Waals surface area contributed by atoms with Gasteiger partial charge in [0.2, 0.25) is 0 Å². The SMILES string of the molecule is CNc1cnc(C(=O)NCC(C)SC)cn1. The average molecular weight is 240 g/mol. The van der Waals surface area contributed by atoms with Crippen LogP contribution in [-0.2, 0) is 0 Å². The molecule has 1 unspecified atom stereocenters. The van der Waals surface area contributed by atoms with Crippen LogP contribution in [0.2, 0.25) is 0 Å². The van der Waals surface area contributed by atoms with Crippen LogP contribution in [0.15, 0.2) is 12.4 Å². The highest BCUT2D eigenvalue weighted by atomic mass is 32.2. The summed E-state index contributed by atoms with van der Waals surface area (Å²) in [7, 11) is 1.75. The number of carbonyl (C=O) groups is 1. The van der Waals surface area contributed by atoms with Crippen molar-refractivity contribution in [3.05, 3.63) is 18.1 Å². The summed E-state index contributed by atoms with van der Waals surface area (Å²) in [5.74, 6) is 0.463. The number of rotatable bonds is 5. The van der Waals surface area contributed by atoms with E-state index in [0.717, 1.165) is 0 Å². The number of hydrogen-bond acceptors (Lipinski definition) is 5. The third-order valence-electron chi connectivity index (χ3n) is 2.09. The molecular weight excluding hydrogens is 224 g/mol. The average Bonchev–Trinajstić information content (AvgIpc) is 2.35. The van der Waals surface area contributed by atoms with Crippen molar-refractivity contribution < 1.29 is 4.79 Å². The maximum Gasteiger partial charge on any atom is 0.271 e. The zero-order valence-corrected chi connectivity index (χ0v) is 10.5. The van der Waals surface area contributed by atoms with E-state index in [2.05, 4.69) is 27.5 Å². The van der Waals surface area contributed by atoms with Crippen molar-refractivity contribution in [1.29, 1.82) is 0 Å². The Labute approximate surface area is 99.4 Å². The van der Waals surface area contributed by atoms with E-state index in [-0.39, 0.29) is 5.91 Å². The van der Waals surface area contributed by atoms with Crippen molar-refractivity contribution in [2.45, 2.75) is 12.2 Å². The Morgan fingerprint density at radius 3 is 2.75 bits per heavy atom. The van der Waals surface area contributed by atoms with Gasteiger partial charge in [0, 0.05) is 18.8 Å². The van der Waals surface area contributed by atoms with Gasteiger partial charge in [-0.05, 0) is 6.26 Å². The molecule has 0 saturated heterocycles. The van der Waals surface area contributed by atoms with E-state index in [1.54, 1.807) is 18.8 Å². The van der Waals surface area contributed by atoms with Crippen molar-refractivity contribution in [2.75, 3.05) is 25.2 Å². The molecule has 0 fully saturated rings. The number of aromatic nitrogens is 2. The van der Waals surface area contributed by atoms with Gasteiger partial charge in [0.15, 0.2) is 0 Å². The molecule has 0 aliphatic heterocycles. The van der Waals surface area contributed by atoms with Gasteiger partial charge in [-0.1, -0.05) is 6.92 Å². The predicted octanol–water partition coefficient (Wildman–Crippen LogP) is 1.000. The molecule has 0 saturated carbocycles. The van der Waals surface area contributed by atoms with Crippen LogP contribution in [0.3, 0.4) is 0 Å². The molecule has 1 aromatic rings. The second kappa shape index (κ2) is 6.32. The number of thioether (sulfide) groups is 1. The first-order valence-electron chi connectivity index (χ1n) is 4.98. The van der Waals surface area contributed by atoms with Gasteiger partial charge in [0.1, 0.15) is 11.5 Å². The lowest BCUT2D eigenvalue weighted by molar-refractivity contribution is 0.0949. The first-order chi connectivity index (χ1) is 7.67. The van der Waals surface area contributed by atoms with Gasteiger partial charge in [-0.2, -0.15) is 11.8 Å². The van der Waals surface area contributed by atoms with Gasteiger partial charge in [-0.25, -0.2) is 9.97 Å². The molecule has 1 amide bonds. The molecule has 16 heavy (non-hydrogen) atoms. The lowest BCUT2D eigenvalue weighted by Crippen LogP contribution is -2.30. The largest absolute Gasteiger partial charge is 0.372 e. The summed E-state index contributed by atoms with van der Waals surface area (Å²) in [5.41, 5.74) is 0.340. The van der Waals surface area contributed by atoms with Crippen LogP contribution in [-0.4, -0.2) is 41.0 Å². The molecule has 0 bridgehead atoms. The molecule has 6 heteroatoms. The van der Waals surface area contributed by atoms with Crippen LogP contribution in [0.1, 0.15) is 17.4 Å². The molecule has 0 spiro atoms. The number of nitrogens with one attached hydrogen (secondary N) is 2. The van der Waals surface area contributed by atoms with Gasteiger partial charge in [0.25, 0.3) is 5.91 Å². The van der Waals surface area contributed by atoms with Crippen LogP contribution in [0, 0.1) is 0 Å². The normalized spacial score (nSPS) is 11.9. The number of carbonyl (C=O) groups excluding carboxylic acids is 1. The number of hydrogen-bond donors (Lipinski definition) is 2. The first kappa shape index (κ1) is 12.8. The van der Waals surface area contributed by atoms with Crippen molar-refractivity contribution >= 4 is 23.5 Å². The Balaban J connectivity index is 2.52. The van der Waals surface area contributed by atoms with E-state index in [9.17, 15) is 4.79 Å². The number of amides is 1. The van der Waals surface area contributed by atoms with Gasteiger partial charge in [0.05, 0.1) is 12.4 Å². The third kappa shape index (κ3) is 3.69. The van der Waals surface area contributed by atoms with Crippen LogP contribution < -0.4 is 10.6 Å². The van der Waals surface area contributed by atoms with E-state index in [1.165, 1.54) is 12.4 Å². The summed E-state index contributed by atoms with van der Waals surface area (Å²) in [6.45, 7) is 2.69. The Kier molecular flexibility index (Phi) is 5.04. The lowest BCUT2D eigenvalue weighted by Gasteiger charge is -2.09. The van der Waals surface area contributed by atoms with E-state index < -0.39 is 0 Å². The lowest BCUT2D eigenvalue weighted by atomic mass is 10.4. The monoisotopic (exact) mass is 240 g/mol. The Hall–Kier alpha value is -1.30. The minimum atomic E-state index is -0.184. The molecule has 0 aliphatic carbocycles. The second-order valence-corrected chi connectivity index (χ2v) is 4.57. The molecule has 0 aliphatic rings. The summed E-state index contributed by atoms with van der Waals surface area (Å²) in [4.78, 5) is 19.7. The first-order valence-corrected chi connectivity index (χ1v) is 6.27. The van der Waals surface area contributed by atoms with E-state index >= 15 is 0 Å². The smallest absolute Gasteiger partial charge is 0.271 e. The second-order valence-electron chi connectivity index (χ2n) is 3.29. The topological polar surface area (TPSA) is 66.9 Å². The van der Waals surface area contributed by atoms with Crippen molar-refractivity contribution in [3.8, 4) is 0 Å². The Morgan fingerprint density at radius 1 is 1.50 bits per heavy atom. The quantitative estimate of drug-likeness (QED) is 0.803.